The van der Waals surface area contributed by atoms with Crippen molar-refractivity contribution in [2.24, 2.45) is 0 Å². The van der Waals surface area contributed by atoms with E-state index >= 15 is 0 Å². The van der Waals surface area contributed by atoms with Gasteiger partial charge in [0, 0.05) is 18.7 Å². The molecule has 6 heteroatoms. The fourth-order valence-corrected chi connectivity index (χ4v) is 2.40. The Balaban J connectivity index is 1.90. The number of ether oxygens (including phenoxy) is 1. The van der Waals surface area contributed by atoms with Crippen molar-refractivity contribution in [2.75, 3.05) is 13.7 Å². The summed E-state index contributed by atoms with van der Waals surface area (Å²) in [6.07, 6.45) is 0. The molecule has 128 valence electrons. The monoisotopic (exact) mass is 350 g/mol. The molecule has 2 rings (SSSR count). The molecular formula is C18H20ClFN2O2. The lowest BCUT2D eigenvalue weighted by atomic mass is 9.96. The first kappa shape index (κ1) is 18.2. The number of carbonyl (C=O) groups is 1. The van der Waals surface area contributed by atoms with Crippen LogP contribution >= 0.6 is 11.6 Å². The van der Waals surface area contributed by atoms with Crippen LogP contribution in [0.1, 0.15) is 18.1 Å². The number of benzene rings is 2. The maximum atomic E-state index is 12.8. The topological polar surface area (TPSA) is 50.4 Å². The Bertz CT molecular complexity index is 694. The lowest BCUT2D eigenvalue weighted by Crippen LogP contribution is -2.44. The van der Waals surface area contributed by atoms with E-state index in [1.165, 1.54) is 12.1 Å². The standard InChI is InChI=1S/C18H20ClFN2O2/c1-18(24-2,14-4-3-5-15(19)10-14)12-22-17(23)21-11-13-6-8-16(20)9-7-13/h3-10H,11-12H2,1-2H3,(H2,21,22,23)/t18-/m0/s1. The molecule has 0 bridgehead atoms. The highest BCUT2D eigenvalue weighted by Gasteiger charge is 2.27. The molecule has 0 saturated heterocycles. The fourth-order valence-electron chi connectivity index (χ4n) is 2.21. The van der Waals surface area contributed by atoms with Crippen molar-refractivity contribution in [3.63, 3.8) is 0 Å². The molecule has 0 heterocycles. The Morgan fingerprint density at radius 1 is 1.21 bits per heavy atom. The molecule has 0 aliphatic heterocycles. The van der Waals surface area contributed by atoms with Gasteiger partial charge in [0.15, 0.2) is 0 Å². The quantitative estimate of drug-likeness (QED) is 0.831. The SMILES string of the molecule is CO[C@@](C)(CNC(=O)NCc1ccc(F)cc1)c1cccc(Cl)c1. The summed E-state index contributed by atoms with van der Waals surface area (Å²) in [6.45, 7) is 2.46. The van der Waals surface area contributed by atoms with Crippen LogP contribution in [0.4, 0.5) is 9.18 Å². The third kappa shape index (κ3) is 4.94. The zero-order chi connectivity index (χ0) is 17.6. The number of carbonyl (C=O) groups excluding carboxylic acids is 1. The molecule has 2 amide bonds. The van der Waals surface area contributed by atoms with E-state index in [1.54, 1.807) is 25.3 Å². The summed E-state index contributed by atoms with van der Waals surface area (Å²) in [5.41, 5.74) is 0.991. The van der Waals surface area contributed by atoms with Crippen LogP contribution in [0.3, 0.4) is 0 Å². The van der Waals surface area contributed by atoms with E-state index in [2.05, 4.69) is 10.6 Å². The Hall–Kier alpha value is -2.11. The van der Waals surface area contributed by atoms with Crippen molar-refractivity contribution in [2.45, 2.75) is 19.1 Å². The molecule has 1 atom stereocenters. The van der Waals surface area contributed by atoms with Gasteiger partial charge >= 0.3 is 6.03 Å². The predicted molar refractivity (Wildman–Crippen MR) is 92.5 cm³/mol. The first-order chi connectivity index (χ1) is 11.4. The second-order valence-corrected chi connectivity index (χ2v) is 6.04. The van der Waals surface area contributed by atoms with Gasteiger partial charge in [0.1, 0.15) is 11.4 Å². The maximum Gasteiger partial charge on any atom is 0.315 e. The number of halogens is 2. The first-order valence-electron chi connectivity index (χ1n) is 7.50. The number of rotatable bonds is 6. The molecular weight excluding hydrogens is 331 g/mol. The van der Waals surface area contributed by atoms with Crippen LogP contribution in [-0.4, -0.2) is 19.7 Å². The van der Waals surface area contributed by atoms with Gasteiger partial charge in [-0.15, -0.1) is 0 Å². The van der Waals surface area contributed by atoms with Crippen LogP contribution in [0.25, 0.3) is 0 Å². The highest BCUT2D eigenvalue weighted by molar-refractivity contribution is 6.30. The number of nitrogens with one attached hydrogen (secondary N) is 2. The predicted octanol–water partition coefficient (Wildman–Crippen LogP) is 3.84. The van der Waals surface area contributed by atoms with Crippen molar-refractivity contribution < 1.29 is 13.9 Å². The molecule has 0 unspecified atom stereocenters. The van der Waals surface area contributed by atoms with Gasteiger partial charge in [0.2, 0.25) is 0 Å². The molecule has 0 saturated carbocycles. The Labute approximate surface area is 146 Å². The van der Waals surface area contributed by atoms with E-state index < -0.39 is 5.60 Å². The van der Waals surface area contributed by atoms with Gasteiger partial charge in [-0.2, -0.15) is 0 Å². The van der Waals surface area contributed by atoms with Gasteiger partial charge in [-0.25, -0.2) is 9.18 Å². The van der Waals surface area contributed by atoms with E-state index in [1.807, 2.05) is 25.1 Å². The normalized spacial score (nSPS) is 13.2. The van der Waals surface area contributed by atoms with Crippen LogP contribution in [0, 0.1) is 5.82 Å². The average molecular weight is 351 g/mol. The summed E-state index contributed by atoms with van der Waals surface area (Å²) in [7, 11) is 1.58. The number of hydrogen-bond acceptors (Lipinski definition) is 2. The Morgan fingerprint density at radius 3 is 2.54 bits per heavy atom. The molecule has 0 aliphatic rings. The molecule has 0 spiro atoms. The lowest BCUT2D eigenvalue weighted by molar-refractivity contribution is 0.00488. The zero-order valence-electron chi connectivity index (χ0n) is 13.6. The minimum Gasteiger partial charge on any atom is -0.372 e. The second-order valence-electron chi connectivity index (χ2n) is 5.61. The Morgan fingerprint density at radius 2 is 1.92 bits per heavy atom. The van der Waals surface area contributed by atoms with Crippen LogP contribution < -0.4 is 10.6 Å². The van der Waals surface area contributed by atoms with Crippen LogP contribution in [0.5, 0.6) is 0 Å². The van der Waals surface area contributed by atoms with E-state index in [9.17, 15) is 9.18 Å². The molecule has 2 aromatic carbocycles. The molecule has 0 aliphatic carbocycles. The van der Waals surface area contributed by atoms with Crippen molar-refractivity contribution in [1.82, 2.24) is 10.6 Å². The zero-order valence-corrected chi connectivity index (χ0v) is 14.4. The molecule has 2 N–H and O–H groups in total. The number of amides is 2. The minimum absolute atomic E-state index is 0.277. The third-order valence-corrected chi connectivity index (χ3v) is 4.07. The maximum absolute atomic E-state index is 12.8. The van der Waals surface area contributed by atoms with Gasteiger partial charge < -0.3 is 15.4 Å². The van der Waals surface area contributed by atoms with E-state index in [4.69, 9.17) is 16.3 Å². The molecule has 0 aromatic heterocycles. The van der Waals surface area contributed by atoms with Crippen molar-refractivity contribution in [3.05, 3.63) is 70.5 Å². The summed E-state index contributed by atoms with van der Waals surface area (Å²) < 4.78 is 18.4. The van der Waals surface area contributed by atoms with Crippen LogP contribution in [-0.2, 0) is 16.9 Å². The van der Waals surface area contributed by atoms with Gasteiger partial charge in [-0.05, 0) is 42.3 Å². The van der Waals surface area contributed by atoms with E-state index in [-0.39, 0.29) is 18.4 Å². The lowest BCUT2D eigenvalue weighted by Gasteiger charge is -2.29. The second kappa shape index (κ2) is 8.13. The van der Waals surface area contributed by atoms with Crippen molar-refractivity contribution in [3.8, 4) is 0 Å². The Kier molecular flexibility index (Phi) is 6.17. The van der Waals surface area contributed by atoms with Gasteiger partial charge in [0.05, 0.1) is 6.54 Å². The summed E-state index contributed by atoms with van der Waals surface area (Å²) >= 11 is 6.02. The highest BCUT2D eigenvalue weighted by atomic mass is 35.5. The van der Waals surface area contributed by atoms with E-state index in [0.717, 1.165) is 11.1 Å². The first-order valence-corrected chi connectivity index (χ1v) is 7.88. The molecule has 0 fully saturated rings. The molecule has 24 heavy (non-hydrogen) atoms. The summed E-state index contributed by atoms with van der Waals surface area (Å²) in [5, 5.41) is 6.11. The van der Waals surface area contributed by atoms with E-state index in [0.29, 0.717) is 11.6 Å². The fraction of sp³-hybridized carbons (Fsp3) is 0.278. The molecule has 0 radical (unpaired) electrons. The number of hydrogen-bond donors (Lipinski definition) is 2. The number of urea groups is 1. The van der Waals surface area contributed by atoms with Crippen LogP contribution in [0.2, 0.25) is 5.02 Å². The summed E-state index contributed by atoms with van der Waals surface area (Å²) in [6, 6.07) is 13.0. The molecule has 4 nitrogen and oxygen atoms in total. The van der Waals surface area contributed by atoms with Crippen molar-refractivity contribution >= 4 is 17.6 Å². The average Bonchev–Trinajstić information content (AvgIpc) is 2.59. The summed E-state index contributed by atoms with van der Waals surface area (Å²) in [5.74, 6) is -0.305. The smallest absolute Gasteiger partial charge is 0.315 e. The van der Waals surface area contributed by atoms with Crippen LogP contribution in [0.15, 0.2) is 48.5 Å². The largest absolute Gasteiger partial charge is 0.372 e. The highest BCUT2D eigenvalue weighted by Crippen LogP contribution is 2.26. The van der Waals surface area contributed by atoms with Crippen molar-refractivity contribution in [1.29, 1.82) is 0 Å². The number of methoxy groups -OCH3 is 1. The summed E-state index contributed by atoms with van der Waals surface area (Å²) in [4.78, 5) is 12.0. The van der Waals surface area contributed by atoms with Gasteiger partial charge in [0.25, 0.3) is 0 Å². The molecule has 2 aromatic rings. The van der Waals surface area contributed by atoms with Gasteiger partial charge in [-0.3, -0.25) is 0 Å². The van der Waals surface area contributed by atoms with Gasteiger partial charge in [-0.1, -0.05) is 35.9 Å². The minimum atomic E-state index is -0.696. The third-order valence-electron chi connectivity index (χ3n) is 3.84.